The SMILES string of the molecule is Clc1ccc(NC2CCCc3sc(Cl)cc32)c(Br)c1. The van der Waals surface area contributed by atoms with Gasteiger partial charge >= 0.3 is 0 Å². The van der Waals surface area contributed by atoms with E-state index < -0.39 is 0 Å². The molecule has 5 heteroatoms. The van der Waals surface area contributed by atoms with Gasteiger partial charge in [-0.3, -0.25) is 0 Å². The first-order valence-corrected chi connectivity index (χ1v) is 8.50. The number of hydrogen-bond acceptors (Lipinski definition) is 2. The monoisotopic (exact) mass is 375 g/mol. The number of thiophene rings is 1. The summed E-state index contributed by atoms with van der Waals surface area (Å²) in [6.45, 7) is 0. The van der Waals surface area contributed by atoms with Crippen molar-refractivity contribution in [3.63, 3.8) is 0 Å². The first-order valence-electron chi connectivity index (χ1n) is 6.13. The lowest BCUT2D eigenvalue weighted by atomic mass is 9.94. The van der Waals surface area contributed by atoms with Crippen molar-refractivity contribution >= 4 is 56.2 Å². The number of rotatable bonds is 2. The summed E-state index contributed by atoms with van der Waals surface area (Å²) < 4.78 is 1.88. The van der Waals surface area contributed by atoms with Crippen molar-refractivity contribution < 1.29 is 0 Å². The quantitative estimate of drug-likeness (QED) is 0.647. The van der Waals surface area contributed by atoms with E-state index in [2.05, 4.69) is 27.3 Å². The van der Waals surface area contributed by atoms with Gasteiger partial charge in [0.2, 0.25) is 0 Å². The summed E-state index contributed by atoms with van der Waals surface area (Å²) in [6, 6.07) is 8.26. The van der Waals surface area contributed by atoms with Gasteiger partial charge in [0, 0.05) is 20.1 Å². The molecule has 2 aromatic rings. The van der Waals surface area contributed by atoms with E-state index in [4.69, 9.17) is 23.2 Å². The van der Waals surface area contributed by atoms with Crippen LogP contribution in [0.3, 0.4) is 0 Å². The topological polar surface area (TPSA) is 12.0 Å². The van der Waals surface area contributed by atoms with Gasteiger partial charge < -0.3 is 5.32 Å². The largest absolute Gasteiger partial charge is 0.377 e. The fraction of sp³-hybridized carbons (Fsp3) is 0.286. The molecule has 1 N–H and O–H groups in total. The number of fused-ring (bicyclic) bond motifs is 1. The summed E-state index contributed by atoms with van der Waals surface area (Å²) in [5.41, 5.74) is 2.42. The summed E-state index contributed by atoms with van der Waals surface area (Å²) in [4.78, 5) is 1.42. The number of benzene rings is 1. The second-order valence-corrected chi connectivity index (χ2v) is 7.70. The lowest BCUT2D eigenvalue weighted by molar-refractivity contribution is 0.608. The van der Waals surface area contributed by atoms with Gasteiger partial charge in [-0.2, -0.15) is 0 Å². The Labute approximate surface area is 135 Å². The average molecular weight is 377 g/mol. The molecule has 0 saturated heterocycles. The number of aryl methyl sites for hydroxylation is 1. The minimum absolute atomic E-state index is 0.338. The molecule has 1 heterocycles. The maximum Gasteiger partial charge on any atom is 0.0934 e. The van der Waals surface area contributed by atoms with E-state index in [0.29, 0.717) is 6.04 Å². The van der Waals surface area contributed by atoms with Crippen LogP contribution in [-0.4, -0.2) is 0 Å². The van der Waals surface area contributed by atoms with Crippen LogP contribution in [0.5, 0.6) is 0 Å². The summed E-state index contributed by atoms with van der Waals surface area (Å²) in [5, 5.41) is 4.32. The summed E-state index contributed by atoms with van der Waals surface area (Å²) in [6.07, 6.45) is 3.48. The van der Waals surface area contributed by atoms with Crippen LogP contribution in [0, 0.1) is 0 Å². The van der Waals surface area contributed by atoms with Gasteiger partial charge in [0.15, 0.2) is 0 Å². The predicted octanol–water partition coefficient (Wildman–Crippen LogP) is 6.31. The van der Waals surface area contributed by atoms with E-state index in [1.54, 1.807) is 11.3 Å². The van der Waals surface area contributed by atoms with Crippen LogP contribution in [0.15, 0.2) is 28.7 Å². The molecule has 1 nitrogen and oxygen atoms in total. The van der Waals surface area contributed by atoms with Crippen molar-refractivity contribution in [3.05, 3.63) is 48.5 Å². The molecular formula is C14H12BrCl2NS. The highest BCUT2D eigenvalue weighted by Gasteiger charge is 2.23. The minimum Gasteiger partial charge on any atom is -0.377 e. The molecule has 3 rings (SSSR count). The highest BCUT2D eigenvalue weighted by atomic mass is 79.9. The molecule has 1 aliphatic carbocycles. The predicted molar refractivity (Wildman–Crippen MR) is 87.8 cm³/mol. The smallest absolute Gasteiger partial charge is 0.0934 e. The third-order valence-corrected chi connectivity index (χ3v) is 5.58. The van der Waals surface area contributed by atoms with Crippen LogP contribution < -0.4 is 5.32 Å². The first-order chi connectivity index (χ1) is 9.13. The molecule has 1 atom stereocenters. The molecule has 19 heavy (non-hydrogen) atoms. The van der Waals surface area contributed by atoms with E-state index in [0.717, 1.165) is 32.4 Å². The van der Waals surface area contributed by atoms with Crippen LogP contribution in [0.25, 0.3) is 0 Å². The maximum absolute atomic E-state index is 6.14. The summed E-state index contributed by atoms with van der Waals surface area (Å²) in [5.74, 6) is 0. The number of halogens is 3. The van der Waals surface area contributed by atoms with Gasteiger partial charge in [0.05, 0.1) is 10.4 Å². The Hall–Kier alpha value is -0.220. The third-order valence-electron chi connectivity index (χ3n) is 3.34. The zero-order valence-corrected chi connectivity index (χ0v) is 14.0. The van der Waals surface area contributed by atoms with Crippen LogP contribution in [-0.2, 0) is 6.42 Å². The number of anilines is 1. The summed E-state index contributed by atoms with van der Waals surface area (Å²) in [7, 11) is 0. The minimum atomic E-state index is 0.338. The van der Waals surface area contributed by atoms with E-state index in [-0.39, 0.29) is 0 Å². The second-order valence-electron chi connectivity index (χ2n) is 4.64. The van der Waals surface area contributed by atoms with Gasteiger partial charge in [-0.1, -0.05) is 23.2 Å². The molecule has 0 aliphatic heterocycles. The first kappa shape index (κ1) is 13.7. The number of hydrogen-bond donors (Lipinski definition) is 1. The zero-order valence-electron chi connectivity index (χ0n) is 10.1. The molecule has 0 spiro atoms. The van der Waals surface area contributed by atoms with Crippen LogP contribution in [0.1, 0.15) is 29.3 Å². The highest BCUT2D eigenvalue weighted by molar-refractivity contribution is 9.10. The Morgan fingerprint density at radius 1 is 1.26 bits per heavy atom. The Kier molecular flexibility index (Phi) is 4.08. The molecule has 0 amide bonds. The van der Waals surface area contributed by atoms with Crippen molar-refractivity contribution in [1.82, 2.24) is 0 Å². The fourth-order valence-corrected chi connectivity index (χ4v) is 4.65. The van der Waals surface area contributed by atoms with Crippen molar-refractivity contribution in [3.8, 4) is 0 Å². The average Bonchev–Trinajstić information content (AvgIpc) is 2.74. The van der Waals surface area contributed by atoms with E-state index in [9.17, 15) is 0 Å². The third kappa shape index (κ3) is 2.94. The van der Waals surface area contributed by atoms with Gasteiger partial charge in [0.1, 0.15) is 0 Å². The van der Waals surface area contributed by atoms with Gasteiger partial charge in [-0.05, 0) is 65.0 Å². The normalized spacial score (nSPS) is 18.2. The zero-order chi connectivity index (χ0) is 13.4. The van der Waals surface area contributed by atoms with Crippen LogP contribution in [0.2, 0.25) is 9.36 Å². The molecule has 1 unspecified atom stereocenters. The highest BCUT2D eigenvalue weighted by Crippen LogP contribution is 2.40. The molecular weight excluding hydrogens is 365 g/mol. The van der Waals surface area contributed by atoms with E-state index in [1.165, 1.54) is 16.9 Å². The second kappa shape index (κ2) is 5.65. The number of nitrogens with one attached hydrogen (secondary N) is 1. The Balaban J connectivity index is 1.88. The van der Waals surface area contributed by atoms with E-state index >= 15 is 0 Å². The van der Waals surface area contributed by atoms with Gasteiger partial charge in [-0.25, -0.2) is 0 Å². The van der Waals surface area contributed by atoms with Crippen LogP contribution >= 0.6 is 50.5 Å². The fourth-order valence-electron chi connectivity index (χ4n) is 2.47. The molecule has 1 aliphatic rings. The lowest BCUT2D eigenvalue weighted by Crippen LogP contribution is -2.15. The standard InChI is InChI=1S/C14H12BrCl2NS/c15-10-6-8(16)4-5-12(10)18-11-2-1-3-13-9(11)7-14(17)19-13/h4-7,11,18H,1-3H2. The maximum atomic E-state index is 6.14. The molecule has 0 radical (unpaired) electrons. The van der Waals surface area contributed by atoms with Gasteiger partial charge in [-0.15, -0.1) is 11.3 Å². The molecule has 1 aromatic carbocycles. The lowest BCUT2D eigenvalue weighted by Gasteiger charge is -2.25. The molecule has 0 saturated carbocycles. The molecule has 0 fully saturated rings. The molecule has 100 valence electrons. The summed E-state index contributed by atoms with van der Waals surface area (Å²) >= 11 is 17.4. The van der Waals surface area contributed by atoms with E-state index in [1.807, 2.05) is 18.2 Å². The Morgan fingerprint density at radius 2 is 2.11 bits per heavy atom. The molecule has 1 aromatic heterocycles. The van der Waals surface area contributed by atoms with Crippen molar-refractivity contribution in [1.29, 1.82) is 0 Å². The Morgan fingerprint density at radius 3 is 2.89 bits per heavy atom. The van der Waals surface area contributed by atoms with Crippen molar-refractivity contribution in [2.24, 2.45) is 0 Å². The Bertz CT molecular complexity index is 611. The van der Waals surface area contributed by atoms with Crippen LogP contribution in [0.4, 0.5) is 5.69 Å². The van der Waals surface area contributed by atoms with Crippen molar-refractivity contribution in [2.75, 3.05) is 5.32 Å². The van der Waals surface area contributed by atoms with Crippen molar-refractivity contribution in [2.45, 2.75) is 25.3 Å². The molecule has 0 bridgehead atoms. The van der Waals surface area contributed by atoms with Gasteiger partial charge in [0.25, 0.3) is 0 Å².